The van der Waals surface area contributed by atoms with Crippen LogP contribution in [0, 0.1) is 11.6 Å². The molecule has 0 unspecified atom stereocenters. The molecule has 0 aliphatic heterocycles. The molecule has 0 fully saturated rings. The maximum Gasteiger partial charge on any atom is 0.224 e. The zero-order chi connectivity index (χ0) is 14.1. The summed E-state index contributed by atoms with van der Waals surface area (Å²) in [5, 5.41) is 0. The molecule has 1 heterocycles. The third-order valence-electron chi connectivity index (χ3n) is 3.43. The number of fused-ring (bicyclic) bond motifs is 1. The molecule has 3 nitrogen and oxygen atoms in total. The van der Waals surface area contributed by atoms with E-state index < -0.39 is 11.6 Å². The van der Waals surface area contributed by atoms with E-state index in [1.807, 2.05) is 6.07 Å². The van der Waals surface area contributed by atoms with E-state index in [0.29, 0.717) is 5.56 Å². The minimum atomic E-state index is -1.02. The summed E-state index contributed by atoms with van der Waals surface area (Å²) in [6.07, 6.45) is 2.90. The first-order valence-corrected chi connectivity index (χ1v) is 6.52. The minimum absolute atomic E-state index is 0.176. The van der Waals surface area contributed by atoms with Crippen LogP contribution in [0.15, 0.2) is 24.3 Å². The van der Waals surface area contributed by atoms with Crippen molar-refractivity contribution in [2.45, 2.75) is 25.8 Å². The van der Waals surface area contributed by atoms with Crippen LogP contribution in [0.3, 0.4) is 0 Å². The van der Waals surface area contributed by atoms with Gasteiger partial charge in [-0.1, -0.05) is 6.07 Å². The molecule has 104 valence electrons. The molecule has 0 radical (unpaired) electrons. The fourth-order valence-corrected chi connectivity index (χ4v) is 2.40. The molecule has 3 rings (SSSR count). The fourth-order valence-electron chi connectivity index (χ4n) is 2.40. The van der Waals surface area contributed by atoms with Gasteiger partial charge < -0.3 is 10.5 Å². The van der Waals surface area contributed by atoms with Crippen molar-refractivity contribution >= 4 is 0 Å². The van der Waals surface area contributed by atoms with E-state index in [1.54, 1.807) is 0 Å². The standard InChI is InChI=1S/C15H14F2N2O/c16-11-4-2-6-13(14(11)17)20-15-10(8-18)7-9-3-1-5-12(9)19-15/h2,4,6-7H,1,3,5,8,18H2. The summed E-state index contributed by atoms with van der Waals surface area (Å²) in [4.78, 5) is 4.40. The third kappa shape index (κ3) is 2.25. The molecular formula is C15H14F2N2O. The van der Waals surface area contributed by atoms with Gasteiger partial charge in [-0.2, -0.15) is 4.39 Å². The zero-order valence-corrected chi connectivity index (χ0v) is 10.8. The summed E-state index contributed by atoms with van der Waals surface area (Å²) >= 11 is 0. The molecular weight excluding hydrogens is 262 g/mol. The van der Waals surface area contributed by atoms with Crippen LogP contribution in [0.5, 0.6) is 11.6 Å². The number of halogens is 2. The van der Waals surface area contributed by atoms with Crippen molar-refractivity contribution in [1.29, 1.82) is 0 Å². The van der Waals surface area contributed by atoms with Crippen molar-refractivity contribution in [3.63, 3.8) is 0 Å². The molecule has 1 aromatic carbocycles. The van der Waals surface area contributed by atoms with Crippen molar-refractivity contribution in [1.82, 2.24) is 4.98 Å². The summed E-state index contributed by atoms with van der Waals surface area (Å²) in [6.45, 7) is 0.243. The molecule has 0 spiro atoms. The normalized spacial score (nSPS) is 13.3. The van der Waals surface area contributed by atoms with Crippen LogP contribution in [0.2, 0.25) is 0 Å². The van der Waals surface area contributed by atoms with Crippen molar-refractivity contribution in [3.05, 3.63) is 52.7 Å². The first-order chi connectivity index (χ1) is 9.69. The van der Waals surface area contributed by atoms with Gasteiger partial charge in [0.2, 0.25) is 11.7 Å². The monoisotopic (exact) mass is 276 g/mol. The van der Waals surface area contributed by atoms with Crippen LogP contribution >= 0.6 is 0 Å². The summed E-state index contributed by atoms with van der Waals surface area (Å²) in [6, 6.07) is 5.75. The minimum Gasteiger partial charge on any atom is -0.435 e. The van der Waals surface area contributed by atoms with Gasteiger partial charge in [0, 0.05) is 17.8 Å². The van der Waals surface area contributed by atoms with E-state index in [0.717, 1.165) is 36.6 Å². The highest BCUT2D eigenvalue weighted by molar-refractivity contribution is 5.39. The van der Waals surface area contributed by atoms with Gasteiger partial charge in [-0.15, -0.1) is 0 Å². The quantitative estimate of drug-likeness (QED) is 0.937. The molecule has 0 amide bonds. The van der Waals surface area contributed by atoms with Crippen molar-refractivity contribution < 1.29 is 13.5 Å². The average Bonchev–Trinajstić information content (AvgIpc) is 2.90. The smallest absolute Gasteiger partial charge is 0.224 e. The van der Waals surface area contributed by atoms with Crippen LogP contribution in [0.1, 0.15) is 23.2 Å². The van der Waals surface area contributed by atoms with Gasteiger partial charge in [-0.05, 0) is 43.0 Å². The van der Waals surface area contributed by atoms with Crippen molar-refractivity contribution in [2.75, 3.05) is 0 Å². The van der Waals surface area contributed by atoms with Crippen LogP contribution < -0.4 is 10.5 Å². The molecule has 0 saturated carbocycles. The predicted octanol–water partition coefficient (Wildman–Crippen LogP) is 3.10. The Bertz CT molecular complexity index is 659. The summed E-state index contributed by atoms with van der Waals surface area (Å²) in [5.74, 6) is -1.88. The van der Waals surface area contributed by atoms with Gasteiger partial charge in [-0.3, -0.25) is 0 Å². The maximum absolute atomic E-state index is 13.6. The molecule has 1 aliphatic carbocycles. The molecule has 1 aliphatic rings. The zero-order valence-electron chi connectivity index (χ0n) is 10.8. The highest BCUT2D eigenvalue weighted by Crippen LogP contribution is 2.31. The van der Waals surface area contributed by atoms with E-state index in [2.05, 4.69) is 4.98 Å². The largest absolute Gasteiger partial charge is 0.435 e. The molecule has 5 heteroatoms. The number of rotatable bonds is 3. The lowest BCUT2D eigenvalue weighted by atomic mass is 10.1. The lowest BCUT2D eigenvalue weighted by Crippen LogP contribution is -2.05. The predicted molar refractivity (Wildman–Crippen MR) is 70.6 cm³/mol. The highest BCUT2D eigenvalue weighted by Gasteiger charge is 2.18. The Morgan fingerprint density at radius 2 is 2.10 bits per heavy atom. The Kier molecular flexibility index (Phi) is 3.36. The van der Waals surface area contributed by atoms with Gasteiger partial charge in [0.05, 0.1) is 0 Å². The number of hydrogen-bond acceptors (Lipinski definition) is 3. The molecule has 1 aromatic heterocycles. The van der Waals surface area contributed by atoms with Crippen molar-refractivity contribution in [2.24, 2.45) is 5.73 Å². The number of aryl methyl sites for hydroxylation is 2. The molecule has 0 saturated heterocycles. The SMILES string of the molecule is NCc1cc2c(nc1Oc1cccc(F)c1F)CCC2. The van der Waals surface area contributed by atoms with Gasteiger partial charge in [0.15, 0.2) is 11.6 Å². The lowest BCUT2D eigenvalue weighted by Gasteiger charge is -2.12. The highest BCUT2D eigenvalue weighted by atomic mass is 19.2. The number of nitrogens with two attached hydrogens (primary N) is 1. The van der Waals surface area contributed by atoms with Gasteiger partial charge in [0.1, 0.15) is 0 Å². The third-order valence-corrected chi connectivity index (χ3v) is 3.43. The van der Waals surface area contributed by atoms with Gasteiger partial charge in [-0.25, -0.2) is 9.37 Å². The second kappa shape index (κ2) is 5.17. The fraction of sp³-hybridized carbons (Fsp3) is 0.267. The molecule has 2 N–H and O–H groups in total. The first-order valence-electron chi connectivity index (χ1n) is 6.52. The maximum atomic E-state index is 13.6. The number of hydrogen-bond donors (Lipinski definition) is 1. The number of pyridine rings is 1. The summed E-state index contributed by atoms with van der Waals surface area (Å²) in [5.41, 5.74) is 8.50. The molecule has 0 atom stereocenters. The average molecular weight is 276 g/mol. The number of benzene rings is 1. The lowest BCUT2D eigenvalue weighted by molar-refractivity contribution is 0.401. The van der Waals surface area contributed by atoms with Gasteiger partial charge >= 0.3 is 0 Å². The van der Waals surface area contributed by atoms with E-state index in [1.165, 1.54) is 12.1 Å². The van der Waals surface area contributed by atoms with Crippen LogP contribution in [0.4, 0.5) is 8.78 Å². The Morgan fingerprint density at radius 1 is 1.25 bits per heavy atom. The van der Waals surface area contributed by atoms with Gasteiger partial charge in [0.25, 0.3) is 0 Å². The van der Waals surface area contributed by atoms with E-state index >= 15 is 0 Å². The number of nitrogens with zero attached hydrogens (tertiary/aromatic N) is 1. The Hall–Kier alpha value is -2.01. The number of aromatic nitrogens is 1. The summed E-state index contributed by atoms with van der Waals surface area (Å²) in [7, 11) is 0. The van der Waals surface area contributed by atoms with Crippen LogP contribution in [-0.4, -0.2) is 4.98 Å². The van der Waals surface area contributed by atoms with E-state index in [-0.39, 0.29) is 18.2 Å². The van der Waals surface area contributed by atoms with Crippen LogP contribution in [-0.2, 0) is 19.4 Å². The van der Waals surface area contributed by atoms with E-state index in [9.17, 15) is 8.78 Å². The molecule has 2 aromatic rings. The molecule has 0 bridgehead atoms. The molecule has 20 heavy (non-hydrogen) atoms. The van der Waals surface area contributed by atoms with E-state index in [4.69, 9.17) is 10.5 Å². The Labute approximate surface area is 115 Å². The van der Waals surface area contributed by atoms with Crippen molar-refractivity contribution in [3.8, 4) is 11.6 Å². The Morgan fingerprint density at radius 3 is 2.90 bits per heavy atom. The number of ether oxygens (including phenoxy) is 1. The second-order valence-corrected chi connectivity index (χ2v) is 4.77. The van der Waals surface area contributed by atoms with Crippen LogP contribution in [0.25, 0.3) is 0 Å². The summed E-state index contributed by atoms with van der Waals surface area (Å²) < 4.78 is 32.3. The second-order valence-electron chi connectivity index (χ2n) is 4.77. The first kappa shape index (κ1) is 13.0. The Balaban J connectivity index is 2.00. The topological polar surface area (TPSA) is 48.1 Å².